The molecule has 0 amide bonds. The largest absolute Gasteiger partial charge is 0.475 e. The van der Waals surface area contributed by atoms with Crippen molar-refractivity contribution in [1.29, 1.82) is 0 Å². The van der Waals surface area contributed by atoms with Crippen LogP contribution in [0.1, 0.15) is 34.5 Å². The topological polar surface area (TPSA) is 102 Å². The van der Waals surface area contributed by atoms with Crippen LogP contribution in [0.4, 0.5) is 0 Å². The van der Waals surface area contributed by atoms with Crippen LogP contribution in [0.15, 0.2) is 34.9 Å². The normalized spacial score (nSPS) is 12.3. The molecule has 0 saturated carbocycles. The van der Waals surface area contributed by atoms with E-state index in [1.165, 1.54) is 0 Å². The van der Waals surface area contributed by atoms with Crippen LogP contribution < -0.4 is 5.73 Å². The standard InChI is InChI=1S/C12H13N3O3/c13-9(7-6-8-4-2-1-3-5-8)11-14-10(12(16)17)15-18-11/h1-5,9H,6-7,13H2,(H,16,17)/t9-/m0/s1. The van der Waals surface area contributed by atoms with E-state index in [0.717, 1.165) is 12.0 Å². The fourth-order valence-corrected chi connectivity index (χ4v) is 1.56. The van der Waals surface area contributed by atoms with E-state index < -0.39 is 12.0 Å². The van der Waals surface area contributed by atoms with Gasteiger partial charge in [0.1, 0.15) is 0 Å². The fraction of sp³-hybridized carbons (Fsp3) is 0.250. The maximum absolute atomic E-state index is 10.6. The van der Waals surface area contributed by atoms with Gasteiger partial charge >= 0.3 is 5.97 Å². The van der Waals surface area contributed by atoms with Crippen molar-refractivity contribution in [3.63, 3.8) is 0 Å². The summed E-state index contributed by atoms with van der Waals surface area (Å²) in [5.41, 5.74) is 7.03. The lowest BCUT2D eigenvalue weighted by molar-refractivity contribution is 0.0680. The van der Waals surface area contributed by atoms with E-state index in [2.05, 4.69) is 10.1 Å². The maximum Gasteiger partial charge on any atom is 0.377 e. The first-order chi connectivity index (χ1) is 8.66. The highest BCUT2D eigenvalue weighted by Gasteiger charge is 2.18. The molecule has 0 radical (unpaired) electrons. The van der Waals surface area contributed by atoms with E-state index >= 15 is 0 Å². The van der Waals surface area contributed by atoms with E-state index in [1.54, 1.807) is 0 Å². The number of carboxylic acid groups (broad SMARTS) is 1. The molecule has 6 nitrogen and oxygen atoms in total. The van der Waals surface area contributed by atoms with Crippen molar-refractivity contribution >= 4 is 5.97 Å². The minimum absolute atomic E-state index is 0.156. The van der Waals surface area contributed by atoms with Crippen LogP contribution in [0.25, 0.3) is 0 Å². The molecule has 6 heteroatoms. The van der Waals surface area contributed by atoms with Crippen molar-refractivity contribution in [3.8, 4) is 0 Å². The molecule has 3 N–H and O–H groups in total. The Morgan fingerprint density at radius 1 is 1.39 bits per heavy atom. The molecule has 1 aromatic heterocycles. The Labute approximate surface area is 103 Å². The van der Waals surface area contributed by atoms with E-state index in [4.69, 9.17) is 15.4 Å². The molecule has 0 fully saturated rings. The second kappa shape index (κ2) is 5.42. The van der Waals surface area contributed by atoms with Gasteiger partial charge in [-0.3, -0.25) is 0 Å². The minimum Gasteiger partial charge on any atom is -0.475 e. The molecular formula is C12H13N3O3. The molecule has 1 heterocycles. The van der Waals surface area contributed by atoms with Crippen LogP contribution in [0.2, 0.25) is 0 Å². The Morgan fingerprint density at radius 2 is 2.11 bits per heavy atom. The number of hydrogen-bond donors (Lipinski definition) is 2. The highest BCUT2D eigenvalue weighted by molar-refractivity contribution is 5.82. The van der Waals surface area contributed by atoms with Crippen LogP contribution in [0, 0.1) is 0 Å². The van der Waals surface area contributed by atoms with Crippen LogP contribution in [0.3, 0.4) is 0 Å². The Kier molecular flexibility index (Phi) is 3.69. The summed E-state index contributed by atoms with van der Waals surface area (Å²) < 4.78 is 4.81. The van der Waals surface area contributed by atoms with E-state index in [-0.39, 0.29) is 11.7 Å². The number of nitrogens with zero attached hydrogens (tertiary/aromatic N) is 2. The highest BCUT2D eigenvalue weighted by Crippen LogP contribution is 2.15. The molecule has 2 rings (SSSR count). The maximum atomic E-state index is 10.6. The van der Waals surface area contributed by atoms with Gasteiger partial charge in [0.2, 0.25) is 5.89 Å². The molecule has 2 aromatic rings. The van der Waals surface area contributed by atoms with Gasteiger partial charge in [0.25, 0.3) is 5.82 Å². The number of aromatic nitrogens is 2. The van der Waals surface area contributed by atoms with E-state index in [9.17, 15) is 4.79 Å². The van der Waals surface area contributed by atoms with Crippen LogP contribution in [0.5, 0.6) is 0 Å². The third kappa shape index (κ3) is 2.92. The number of hydrogen-bond acceptors (Lipinski definition) is 5. The number of aromatic carboxylic acids is 1. The molecule has 18 heavy (non-hydrogen) atoms. The molecule has 0 aliphatic heterocycles. The predicted octanol–water partition coefficient (Wildman–Crippen LogP) is 1.40. The molecule has 0 aliphatic carbocycles. The van der Waals surface area contributed by atoms with E-state index in [1.807, 2.05) is 30.3 Å². The Balaban J connectivity index is 1.95. The van der Waals surface area contributed by atoms with Gasteiger partial charge in [0, 0.05) is 0 Å². The van der Waals surface area contributed by atoms with Crippen molar-refractivity contribution in [2.75, 3.05) is 0 Å². The summed E-state index contributed by atoms with van der Waals surface area (Å²) in [5, 5.41) is 12.0. The Hall–Kier alpha value is -2.21. The molecule has 0 aliphatic rings. The van der Waals surface area contributed by atoms with Crippen LogP contribution >= 0.6 is 0 Å². The number of rotatable bonds is 5. The third-order valence-electron chi connectivity index (χ3n) is 2.54. The molecule has 0 unspecified atom stereocenters. The lowest BCUT2D eigenvalue weighted by atomic mass is 10.1. The number of nitrogens with two attached hydrogens (primary N) is 1. The zero-order chi connectivity index (χ0) is 13.0. The van der Waals surface area contributed by atoms with Gasteiger partial charge in [0.15, 0.2) is 0 Å². The number of carboxylic acids is 1. The summed E-state index contributed by atoms with van der Waals surface area (Å²) in [7, 11) is 0. The van der Waals surface area contributed by atoms with Crippen LogP contribution in [-0.4, -0.2) is 21.2 Å². The SMILES string of the molecule is N[C@@H](CCc1ccccc1)c1nc(C(=O)O)no1. The highest BCUT2D eigenvalue weighted by atomic mass is 16.5. The Bertz CT molecular complexity index is 524. The van der Waals surface area contributed by atoms with Crippen molar-refractivity contribution < 1.29 is 14.4 Å². The molecule has 1 atom stereocenters. The minimum atomic E-state index is -1.22. The summed E-state index contributed by atoms with van der Waals surface area (Å²) >= 11 is 0. The molecule has 0 bridgehead atoms. The molecule has 0 saturated heterocycles. The van der Waals surface area contributed by atoms with Crippen molar-refractivity contribution in [2.24, 2.45) is 5.73 Å². The lowest BCUT2D eigenvalue weighted by Crippen LogP contribution is -2.12. The Morgan fingerprint density at radius 3 is 2.72 bits per heavy atom. The first kappa shape index (κ1) is 12.3. The van der Waals surface area contributed by atoms with Gasteiger partial charge < -0.3 is 15.4 Å². The molecule has 94 valence electrons. The first-order valence-corrected chi connectivity index (χ1v) is 5.53. The number of aryl methyl sites for hydroxylation is 1. The quantitative estimate of drug-likeness (QED) is 0.827. The molecule has 1 aromatic carbocycles. The van der Waals surface area contributed by atoms with Crippen molar-refractivity contribution in [2.45, 2.75) is 18.9 Å². The second-order valence-corrected chi connectivity index (χ2v) is 3.89. The number of carbonyl (C=O) groups is 1. The van der Waals surface area contributed by atoms with Crippen molar-refractivity contribution in [1.82, 2.24) is 10.1 Å². The van der Waals surface area contributed by atoms with Gasteiger partial charge in [0.05, 0.1) is 6.04 Å². The average molecular weight is 247 g/mol. The van der Waals surface area contributed by atoms with Gasteiger partial charge in [-0.1, -0.05) is 30.3 Å². The number of benzene rings is 1. The second-order valence-electron chi connectivity index (χ2n) is 3.89. The fourth-order valence-electron chi connectivity index (χ4n) is 1.56. The summed E-state index contributed by atoms with van der Waals surface area (Å²) in [6.07, 6.45) is 1.39. The first-order valence-electron chi connectivity index (χ1n) is 5.53. The summed E-state index contributed by atoms with van der Waals surface area (Å²) in [4.78, 5) is 14.3. The monoisotopic (exact) mass is 247 g/mol. The zero-order valence-electron chi connectivity index (χ0n) is 9.61. The van der Waals surface area contributed by atoms with Gasteiger partial charge in [-0.05, 0) is 23.6 Å². The average Bonchev–Trinajstić information content (AvgIpc) is 2.87. The third-order valence-corrected chi connectivity index (χ3v) is 2.54. The smallest absolute Gasteiger partial charge is 0.377 e. The molecular weight excluding hydrogens is 234 g/mol. The lowest BCUT2D eigenvalue weighted by Gasteiger charge is -2.06. The van der Waals surface area contributed by atoms with Crippen molar-refractivity contribution in [3.05, 3.63) is 47.6 Å². The van der Waals surface area contributed by atoms with E-state index in [0.29, 0.717) is 6.42 Å². The van der Waals surface area contributed by atoms with Gasteiger partial charge in [-0.2, -0.15) is 4.98 Å². The molecule has 0 spiro atoms. The van der Waals surface area contributed by atoms with Crippen LogP contribution in [-0.2, 0) is 6.42 Å². The summed E-state index contributed by atoms with van der Waals surface area (Å²) in [6, 6.07) is 9.41. The summed E-state index contributed by atoms with van der Waals surface area (Å²) in [5.74, 6) is -1.43. The van der Waals surface area contributed by atoms with Gasteiger partial charge in [-0.25, -0.2) is 4.79 Å². The zero-order valence-corrected chi connectivity index (χ0v) is 9.61. The summed E-state index contributed by atoms with van der Waals surface area (Å²) in [6.45, 7) is 0. The predicted molar refractivity (Wildman–Crippen MR) is 62.9 cm³/mol. The van der Waals surface area contributed by atoms with Gasteiger partial charge in [-0.15, -0.1) is 0 Å².